The number of aryl methyl sites for hydroxylation is 4. The molecule has 0 unspecified atom stereocenters. The van der Waals surface area contributed by atoms with Crippen LogP contribution in [-0.4, -0.2) is 5.97 Å². The molecule has 0 heterocycles. The van der Waals surface area contributed by atoms with Crippen molar-refractivity contribution in [1.29, 1.82) is 0 Å². The van der Waals surface area contributed by atoms with E-state index in [1.165, 1.54) is 22.3 Å². The molecule has 0 radical (unpaired) electrons. The van der Waals surface area contributed by atoms with E-state index in [0.717, 1.165) is 29.8 Å². The van der Waals surface area contributed by atoms with E-state index in [4.69, 9.17) is 4.74 Å². The number of carbonyl (C=O) groups excluding carboxylic acids is 1. The van der Waals surface area contributed by atoms with Crippen molar-refractivity contribution < 1.29 is 9.53 Å². The number of benzene rings is 3. The van der Waals surface area contributed by atoms with Crippen LogP contribution >= 0.6 is 0 Å². The zero-order valence-corrected chi connectivity index (χ0v) is 17.7. The van der Waals surface area contributed by atoms with E-state index in [2.05, 4.69) is 49.5 Å². The van der Waals surface area contributed by atoms with Crippen LogP contribution in [0.4, 0.5) is 0 Å². The van der Waals surface area contributed by atoms with Crippen molar-refractivity contribution in [3.8, 4) is 0 Å². The number of esters is 1. The average Bonchev–Trinajstić information content (AvgIpc) is 2.65. The van der Waals surface area contributed by atoms with E-state index in [1.807, 2.05) is 44.2 Å². The van der Waals surface area contributed by atoms with Crippen LogP contribution in [0.5, 0.6) is 0 Å². The summed E-state index contributed by atoms with van der Waals surface area (Å²) in [6, 6.07) is 20.6. The first-order valence-electron chi connectivity index (χ1n) is 10.0. The zero-order valence-electron chi connectivity index (χ0n) is 17.7. The molecular formula is C26H29NO2. The second-order valence-electron chi connectivity index (χ2n) is 7.87. The van der Waals surface area contributed by atoms with Crippen LogP contribution in [0.2, 0.25) is 0 Å². The summed E-state index contributed by atoms with van der Waals surface area (Å²) < 4.78 is 5.47. The highest BCUT2D eigenvalue weighted by Gasteiger charge is 2.08. The standard InChI is InChI=1S/C26H29NO2/c1-18-9-19(2)12-24(11-18)16-27-15-22-5-7-23(8-6-22)17-29-26(28)25-13-20(3)10-21(4)14-25/h5-14,27H,15-17H2,1-4H3. The van der Waals surface area contributed by atoms with Gasteiger partial charge < -0.3 is 10.1 Å². The monoisotopic (exact) mass is 387 g/mol. The molecule has 3 aromatic rings. The molecule has 0 aromatic heterocycles. The molecule has 3 rings (SSSR count). The second-order valence-corrected chi connectivity index (χ2v) is 7.87. The highest BCUT2D eigenvalue weighted by Crippen LogP contribution is 2.13. The van der Waals surface area contributed by atoms with E-state index in [9.17, 15) is 4.79 Å². The minimum Gasteiger partial charge on any atom is -0.457 e. The maximum atomic E-state index is 12.3. The van der Waals surface area contributed by atoms with Gasteiger partial charge in [-0.2, -0.15) is 0 Å². The molecule has 0 saturated carbocycles. The van der Waals surface area contributed by atoms with E-state index in [1.54, 1.807) is 0 Å². The summed E-state index contributed by atoms with van der Waals surface area (Å²) in [6.07, 6.45) is 0. The van der Waals surface area contributed by atoms with Crippen LogP contribution in [0.25, 0.3) is 0 Å². The van der Waals surface area contributed by atoms with Crippen molar-refractivity contribution in [3.05, 3.63) is 105 Å². The Bertz CT molecular complexity index is 950. The van der Waals surface area contributed by atoms with Gasteiger partial charge in [-0.3, -0.25) is 0 Å². The van der Waals surface area contributed by atoms with Gasteiger partial charge >= 0.3 is 5.97 Å². The van der Waals surface area contributed by atoms with Crippen LogP contribution in [0, 0.1) is 27.7 Å². The molecule has 0 aliphatic rings. The molecule has 29 heavy (non-hydrogen) atoms. The number of hydrogen-bond donors (Lipinski definition) is 1. The lowest BCUT2D eigenvalue weighted by Gasteiger charge is -2.09. The van der Waals surface area contributed by atoms with Gasteiger partial charge in [0.25, 0.3) is 0 Å². The van der Waals surface area contributed by atoms with Crippen molar-refractivity contribution in [2.45, 2.75) is 47.4 Å². The van der Waals surface area contributed by atoms with Gasteiger partial charge in [0.05, 0.1) is 5.56 Å². The van der Waals surface area contributed by atoms with Crippen LogP contribution in [0.1, 0.15) is 49.3 Å². The quantitative estimate of drug-likeness (QED) is 0.539. The van der Waals surface area contributed by atoms with Crippen molar-refractivity contribution in [3.63, 3.8) is 0 Å². The lowest BCUT2D eigenvalue weighted by Crippen LogP contribution is -2.13. The third kappa shape index (κ3) is 6.30. The molecule has 0 atom stereocenters. The topological polar surface area (TPSA) is 38.3 Å². The Hall–Kier alpha value is -2.91. The largest absolute Gasteiger partial charge is 0.457 e. The number of ether oxygens (including phenoxy) is 1. The first kappa shape index (κ1) is 20.8. The van der Waals surface area contributed by atoms with Gasteiger partial charge in [-0.15, -0.1) is 0 Å². The first-order valence-corrected chi connectivity index (χ1v) is 10.0. The SMILES string of the molecule is Cc1cc(C)cc(CNCc2ccc(COC(=O)c3cc(C)cc(C)c3)cc2)c1. The van der Waals surface area contributed by atoms with Gasteiger partial charge in [0.15, 0.2) is 0 Å². The third-order valence-electron chi connectivity index (χ3n) is 4.79. The van der Waals surface area contributed by atoms with Gasteiger partial charge in [0, 0.05) is 13.1 Å². The van der Waals surface area contributed by atoms with E-state index in [0.29, 0.717) is 5.56 Å². The molecule has 0 fully saturated rings. The maximum absolute atomic E-state index is 12.3. The lowest BCUT2D eigenvalue weighted by atomic mass is 10.1. The Morgan fingerprint density at radius 1 is 0.690 bits per heavy atom. The molecule has 0 spiro atoms. The molecule has 150 valence electrons. The van der Waals surface area contributed by atoms with Crippen LogP contribution in [0.15, 0.2) is 60.7 Å². The molecule has 0 aliphatic carbocycles. The van der Waals surface area contributed by atoms with Gasteiger partial charge in [0.2, 0.25) is 0 Å². The summed E-state index contributed by atoms with van der Waals surface area (Å²) in [5.74, 6) is -0.281. The first-order chi connectivity index (χ1) is 13.9. The summed E-state index contributed by atoms with van der Waals surface area (Å²) in [5, 5.41) is 3.49. The minimum atomic E-state index is -0.281. The number of nitrogens with one attached hydrogen (secondary N) is 1. The third-order valence-corrected chi connectivity index (χ3v) is 4.79. The van der Waals surface area contributed by atoms with Gasteiger partial charge in [-0.1, -0.05) is 70.8 Å². The van der Waals surface area contributed by atoms with Crippen LogP contribution in [-0.2, 0) is 24.4 Å². The smallest absolute Gasteiger partial charge is 0.338 e. The Labute approximate surface area is 173 Å². The van der Waals surface area contributed by atoms with Crippen LogP contribution < -0.4 is 5.32 Å². The zero-order chi connectivity index (χ0) is 20.8. The summed E-state index contributed by atoms with van der Waals surface area (Å²) in [5.41, 5.74) is 8.82. The predicted octanol–water partition coefficient (Wildman–Crippen LogP) is 5.57. The van der Waals surface area contributed by atoms with Gasteiger partial charge in [-0.05, 0) is 56.5 Å². The Morgan fingerprint density at radius 3 is 1.76 bits per heavy atom. The molecule has 0 amide bonds. The molecular weight excluding hydrogens is 358 g/mol. The number of carbonyl (C=O) groups is 1. The Morgan fingerprint density at radius 2 is 1.17 bits per heavy atom. The van der Waals surface area contributed by atoms with Crippen molar-refractivity contribution in [1.82, 2.24) is 5.32 Å². The summed E-state index contributed by atoms with van der Waals surface area (Å²) in [6.45, 7) is 10.1. The predicted molar refractivity (Wildman–Crippen MR) is 118 cm³/mol. The highest BCUT2D eigenvalue weighted by atomic mass is 16.5. The molecule has 3 heteroatoms. The molecule has 3 aromatic carbocycles. The van der Waals surface area contributed by atoms with Crippen molar-refractivity contribution >= 4 is 5.97 Å². The lowest BCUT2D eigenvalue weighted by molar-refractivity contribution is 0.0472. The Kier molecular flexibility index (Phi) is 6.84. The number of hydrogen-bond acceptors (Lipinski definition) is 3. The molecule has 0 aliphatic heterocycles. The molecule has 3 nitrogen and oxygen atoms in total. The van der Waals surface area contributed by atoms with Gasteiger partial charge in [-0.25, -0.2) is 4.79 Å². The summed E-state index contributed by atoms with van der Waals surface area (Å²) in [7, 11) is 0. The molecule has 0 bridgehead atoms. The normalized spacial score (nSPS) is 10.8. The van der Waals surface area contributed by atoms with Crippen molar-refractivity contribution in [2.75, 3.05) is 0 Å². The van der Waals surface area contributed by atoms with E-state index < -0.39 is 0 Å². The fraction of sp³-hybridized carbons (Fsp3) is 0.269. The highest BCUT2D eigenvalue weighted by molar-refractivity contribution is 5.89. The van der Waals surface area contributed by atoms with Gasteiger partial charge in [0.1, 0.15) is 6.61 Å². The minimum absolute atomic E-state index is 0.280. The second kappa shape index (κ2) is 9.53. The fourth-order valence-electron chi connectivity index (χ4n) is 3.60. The molecule has 0 saturated heterocycles. The van der Waals surface area contributed by atoms with Crippen LogP contribution in [0.3, 0.4) is 0 Å². The van der Waals surface area contributed by atoms with E-state index >= 15 is 0 Å². The number of rotatable bonds is 7. The van der Waals surface area contributed by atoms with E-state index in [-0.39, 0.29) is 12.6 Å². The summed E-state index contributed by atoms with van der Waals surface area (Å²) >= 11 is 0. The fourth-order valence-corrected chi connectivity index (χ4v) is 3.60. The Balaban J connectivity index is 1.49. The summed E-state index contributed by atoms with van der Waals surface area (Å²) in [4.78, 5) is 12.3. The maximum Gasteiger partial charge on any atom is 0.338 e. The molecule has 1 N–H and O–H groups in total. The van der Waals surface area contributed by atoms with Crippen molar-refractivity contribution in [2.24, 2.45) is 0 Å². The average molecular weight is 388 g/mol.